The fourth-order valence-electron chi connectivity index (χ4n) is 6.17. The summed E-state index contributed by atoms with van der Waals surface area (Å²) < 4.78 is 59.5. The predicted octanol–water partition coefficient (Wildman–Crippen LogP) is -8.53. The molecule has 0 radical (unpaired) electrons. The predicted molar refractivity (Wildman–Crippen MR) is 152 cm³/mol. The van der Waals surface area contributed by atoms with Crippen molar-refractivity contribution >= 4 is 5.97 Å². The average Bonchev–Trinajstić information content (AvgIpc) is 3.11. The van der Waals surface area contributed by atoms with Crippen molar-refractivity contribution in [3.63, 3.8) is 0 Å². The molecule has 0 bridgehead atoms. The molecule has 5 rings (SSSR count). The fourth-order valence-corrected chi connectivity index (χ4v) is 6.17. The van der Waals surface area contributed by atoms with Crippen molar-refractivity contribution in [2.24, 2.45) is 0 Å². The maximum absolute atomic E-state index is 12.3. The van der Waals surface area contributed by atoms with Gasteiger partial charge >= 0.3 is 5.97 Å². The SMILES string of the molecule is COC(=O)[C@H]1O[C@H](O[C@@H]2[C@@H](O)[C@H](O[C@@H]3OC[C@@H](O[C@@H]4OC[C@@H](O)[C@H](O)[C@H]4O)[C@H](O[C@@H]4OC[C@@H](O)[C@H](O)[C@H]4O)[C@H]3O)CO[C@H]2O)[C@H](O)[C@@H](O)[C@@H]1OC. The van der Waals surface area contributed by atoms with Gasteiger partial charge in [0.15, 0.2) is 37.6 Å². The molecule has 0 saturated carbocycles. The molecule has 0 aromatic heterocycles. The van der Waals surface area contributed by atoms with Crippen LogP contribution >= 0.6 is 0 Å². The number of methoxy groups -OCH3 is 2. The molecule has 0 aromatic rings. The van der Waals surface area contributed by atoms with Gasteiger partial charge in [-0.1, -0.05) is 0 Å². The van der Waals surface area contributed by atoms with Crippen molar-refractivity contribution in [1.82, 2.24) is 0 Å². The highest BCUT2D eigenvalue weighted by Gasteiger charge is 2.54. The summed E-state index contributed by atoms with van der Waals surface area (Å²) in [7, 11) is 2.20. The first kappa shape index (κ1) is 40.8. The molecule has 51 heavy (non-hydrogen) atoms. The van der Waals surface area contributed by atoms with Crippen LogP contribution in [-0.4, -0.2) is 232 Å². The number of aliphatic hydroxyl groups excluding tert-OH is 11. The Hall–Kier alpha value is -1.37. The second-order valence-electron chi connectivity index (χ2n) is 12.6. The Balaban J connectivity index is 1.29. The second kappa shape index (κ2) is 17.4. The van der Waals surface area contributed by atoms with E-state index in [1.54, 1.807) is 0 Å². The van der Waals surface area contributed by atoms with Crippen LogP contribution in [0.3, 0.4) is 0 Å². The molecule has 0 aromatic carbocycles. The zero-order chi connectivity index (χ0) is 37.3. The van der Waals surface area contributed by atoms with Crippen LogP contribution < -0.4 is 0 Å². The van der Waals surface area contributed by atoms with Crippen LogP contribution in [-0.2, 0) is 56.9 Å². The topological polar surface area (TPSA) is 341 Å². The van der Waals surface area contributed by atoms with E-state index in [0.29, 0.717) is 0 Å². The van der Waals surface area contributed by atoms with Crippen LogP contribution in [0.25, 0.3) is 0 Å². The van der Waals surface area contributed by atoms with E-state index in [9.17, 15) is 61.0 Å². The molecule has 5 aliphatic heterocycles. The lowest BCUT2D eigenvalue weighted by Crippen LogP contribution is -2.65. The molecule has 5 aliphatic rings. The molecule has 296 valence electrons. The highest BCUT2D eigenvalue weighted by atomic mass is 16.8. The van der Waals surface area contributed by atoms with Crippen molar-refractivity contribution in [2.45, 2.75) is 129 Å². The number of rotatable bonds is 10. The molecule has 0 unspecified atom stereocenters. The summed E-state index contributed by atoms with van der Waals surface area (Å²) >= 11 is 0. The van der Waals surface area contributed by atoms with E-state index in [1.807, 2.05) is 0 Å². The summed E-state index contributed by atoms with van der Waals surface area (Å²) in [4.78, 5) is 12.3. The number of esters is 1. The van der Waals surface area contributed by atoms with Crippen LogP contribution in [0.1, 0.15) is 0 Å². The van der Waals surface area contributed by atoms with Crippen LogP contribution in [0, 0.1) is 0 Å². The minimum atomic E-state index is -1.89. The smallest absolute Gasteiger partial charge is 0.337 e. The minimum absolute atomic E-state index is 0.433. The van der Waals surface area contributed by atoms with Gasteiger partial charge in [-0.25, -0.2) is 4.79 Å². The van der Waals surface area contributed by atoms with Gasteiger partial charge in [0.25, 0.3) is 0 Å². The minimum Gasteiger partial charge on any atom is -0.467 e. The van der Waals surface area contributed by atoms with Crippen molar-refractivity contribution in [2.75, 3.05) is 40.6 Å². The molecular weight excluding hydrogens is 704 g/mol. The number of carbonyl (C=O) groups is 1. The third-order valence-corrected chi connectivity index (χ3v) is 9.20. The van der Waals surface area contributed by atoms with Crippen molar-refractivity contribution in [3.05, 3.63) is 0 Å². The van der Waals surface area contributed by atoms with Crippen LogP contribution in [0.5, 0.6) is 0 Å². The largest absolute Gasteiger partial charge is 0.467 e. The lowest BCUT2D eigenvalue weighted by atomic mass is 9.98. The molecule has 23 nitrogen and oxygen atoms in total. The monoisotopic (exact) mass is 750 g/mol. The quantitative estimate of drug-likeness (QED) is 0.0923. The van der Waals surface area contributed by atoms with Crippen molar-refractivity contribution in [1.29, 1.82) is 0 Å². The standard InChI is InChI=1S/C28H46O23/c1-41-20-14(34)17(37)28(51-22(20)23(39)42-2)50-21-13(33)9(5-43-24(21)40)47-27-18(38)19(49-26-16(36)12(32)8(30)4-45-26)10(6-46-27)48-25-15(35)11(31)7(29)3-44-25/h7-22,24-38,40H,3-6H2,1-2H3/t7-,8-,9-,10-,11+,12+,13+,14-,15-,16-,17-,18-,19+,20+,21-,22+,24-,25+,26+,27+,28+/m1/s1. The summed E-state index contributed by atoms with van der Waals surface area (Å²) in [5, 5.41) is 115. The summed E-state index contributed by atoms with van der Waals surface area (Å²) in [5.41, 5.74) is 0. The van der Waals surface area contributed by atoms with E-state index >= 15 is 0 Å². The number of aliphatic hydroxyl groups is 11. The highest BCUT2D eigenvalue weighted by molar-refractivity contribution is 5.75. The number of hydrogen-bond donors (Lipinski definition) is 11. The Morgan fingerprint density at radius 1 is 0.490 bits per heavy atom. The molecule has 0 amide bonds. The average molecular weight is 751 g/mol. The molecule has 0 aliphatic carbocycles. The molecule has 5 saturated heterocycles. The summed E-state index contributed by atoms with van der Waals surface area (Å²) in [5.74, 6) is -0.985. The summed E-state index contributed by atoms with van der Waals surface area (Å²) in [6.07, 6.45) is -34.9. The van der Waals surface area contributed by atoms with Gasteiger partial charge in [-0.05, 0) is 0 Å². The molecular formula is C28H46O23. The molecule has 23 heteroatoms. The number of ether oxygens (including phenoxy) is 11. The van der Waals surface area contributed by atoms with Crippen molar-refractivity contribution < 1.29 is 113 Å². The van der Waals surface area contributed by atoms with Gasteiger partial charge in [0.05, 0.1) is 33.5 Å². The van der Waals surface area contributed by atoms with Crippen LogP contribution in [0.4, 0.5) is 0 Å². The van der Waals surface area contributed by atoms with Gasteiger partial charge in [0, 0.05) is 7.11 Å². The highest BCUT2D eigenvalue weighted by Crippen LogP contribution is 2.33. The molecule has 11 N–H and O–H groups in total. The summed E-state index contributed by atoms with van der Waals surface area (Å²) in [6.45, 7) is -1.93. The van der Waals surface area contributed by atoms with E-state index in [1.165, 1.54) is 0 Å². The lowest BCUT2D eigenvalue weighted by molar-refractivity contribution is -0.379. The molecule has 21 atom stereocenters. The molecule has 5 fully saturated rings. The van der Waals surface area contributed by atoms with Gasteiger partial charge in [0.1, 0.15) is 91.6 Å². The van der Waals surface area contributed by atoms with Gasteiger partial charge in [0.2, 0.25) is 0 Å². The Morgan fingerprint density at radius 3 is 1.57 bits per heavy atom. The van der Waals surface area contributed by atoms with E-state index in [-0.39, 0.29) is 0 Å². The van der Waals surface area contributed by atoms with Crippen LogP contribution in [0.15, 0.2) is 0 Å². The zero-order valence-electron chi connectivity index (χ0n) is 27.3. The van der Waals surface area contributed by atoms with E-state index in [2.05, 4.69) is 4.74 Å². The maximum Gasteiger partial charge on any atom is 0.337 e. The lowest BCUT2D eigenvalue weighted by Gasteiger charge is -2.47. The Labute approximate surface area is 289 Å². The van der Waals surface area contributed by atoms with E-state index < -0.39 is 162 Å². The van der Waals surface area contributed by atoms with Gasteiger partial charge in [-0.3, -0.25) is 0 Å². The van der Waals surface area contributed by atoms with E-state index in [4.69, 9.17) is 47.4 Å². The molecule has 5 heterocycles. The molecule has 0 spiro atoms. The summed E-state index contributed by atoms with van der Waals surface area (Å²) in [6, 6.07) is 0. The fraction of sp³-hybridized carbons (Fsp3) is 0.964. The number of carbonyl (C=O) groups excluding carboxylic acids is 1. The first-order chi connectivity index (χ1) is 24.2. The third-order valence-electron chi connectivity index (χ3n) is 9.20. The normalized spacial score (nSPS) is 51.2. The van der Waals surface area contributed by atoms with Crippen LogP contribution in [0.2, 0.25) is 0 Å². The first-order valence-electron chi connectivity index (χ1n) is 16.0. The van der Waals surface area contributed by atoms with Gasteiger partial charge in [-0.15, -0.1) is 0 Å². The zero-order valence-corrected chi connectivity index (χ0v) is 27.3. The Bertz CT molecular complexity index is 1120. The van der Waals surface area contributed by atoms with Gasteiger partial charge in [-0.2, -0.15) is 0 Å². The van der Waals surface area contributed by atoms with E-state index in [0.717, 1.165) is 14.2 Å². The van der Waals surface area contributed by atoms with Gasteiger partial charge < -0.3 is 108 Å². The second-order valence-corrected chi connectivity index (χ2v) is 12.6. The maximum atomic E-state index is 12.3. The Kier molecular flexibility index (Phi) is 13.9. The number of hydrogen-bond acceptors (Lipinski definition) is 23. The van der Waals surface area contributed by atoms with Crippen molar-refractivity contribution in [3.8, 4) is 0 Å². The first-order valence-corrected chi connectivity index (χ1v) is 16.0. The third kappa shape index (κ3) is 8.64. The Morgan fingerprint density at radius 2 is 0.980 bits per heavy atom.